The molecule has 0 saturated carbocycles. The van der Waals surface area contributed by atoms with Gasteiger partial charge in [-0.3, -0.25) is 5.32 Å². The maximum Gasteiger partial charge on any atom is 0.412 e. The number of aromatic nitrogens is 8. The van der Waals surface area contributed by atoms with Crippen molar-refractivity contribution in [2.75, 3.05) is 11.1 Å². The van der Waals surface area contributed by atoms with Crippen molar-refractivity contribution in [2.45, 2.75) is 40.2 Å². The lowest BCUT2D eigenvalue weighted by atomic mass is 10.2. The minimum atomic E-state index is -0.555. The Kier molecular flexibility index (Phi) is 7.87. The van der Waals surface area contributed by atoms with Crippen molar-refractivity contribution in [3.05, 3.63) is 61.2 Å². The van der Waals surface area contributed by atoms with Crippen molar-refractivity contribution in [1.29, 1.82) is 0 Å². The monoisotopic (exact) mass is 474 g/mol. The molecule has 4 rings (SSSR count). The van der Waals surface area contributed by atoms with Crippen LogP contribution in [-0.2, 0) is 4.74 Å². The Balaban J connectivity index is 0.000000211. The molecule has 0 aliphatic heterocycles. The fourth-order valence-corrected chi connectivity index (χ4v) is 2.59. The molecule has 0 unspecified atom stereocenters. The molecule has 4 aromatic rings. The highest BCUT2D eigenvalue weighted by Gasteiger charge is 2.17. The molecule has 12 nitrogen and oxygen atoms in total. The SMILES string of the molecule is Cc1nc(-c2cncnc2)ncc1N.Cc1nc(-c2cncnc2)ncc1NC(=O)OC(C)(C)C. The largest absolute Gasteiger partial charge is 0.444 e. The van der Waals surface area contributed by atoms with E-state index in [1.54, 1.807) is 58.7 Å². The number of nitrogens with two attached hydrogens (primary N) is 1. The minimum Gasteiger partial charge on any atom is -0.444 e. The van der Waals surface area contributed by atoms with Crippen LogP contribution in [-0.4, -0.2) is 51.6 Å². The van der Waals surface area contributed by atoms with E-state index in [4.69, 9.17) is 10.5 Å². The molecule has 0 radical (unpaired) electrons. The molecule has 0 saturated heterocycles. The predicted molar refractivity (Wildman–Crippen MR) is 130 cm³/mol. The molecule has 4 aromatic heterocycles. The van der Waals surface area contributed by atoms with Gasteiger partial charge < -0.3 is 10.5 Å². The zero-order valence-electron chi connectivity index (χ0n) is 20.1. The number of hydrogen-bond donors (Lipinski definition) is 2. The molecular formula is C23H26N10O2. The fourth-order valence-electron chi connectivity index (χ4n) is 2.59. The summed E-state index contributed by atoms with van der Waals surface area (Å²) in [4.78, 5) is 44.2. The molecule has 35 heavy (non-hydrogen) atoms. The molecular weight excluding hydrogens is 448 g/mol. The van der Waals surface area contributed by atoms with Crippen LogP contribution in [0.4, 0.5) is 16.2 Å². The van der Waals surface area contributed by atoms with E-state index < -0.39 is 11.7 Å². The first-order valence-electron chi connectivity index (χ1n) is 10.6. The summed E-state index contributed by atoms with van der Waals surface area (Å²) in [6, 6.07) is 0. The van der Waals surface area contributed by atoms with E-state index in [0.29, 0.717) is 34.3 Å². The Morgan fingerprint density at radius 3 is 1.74 bits per heavy atom. The molecule has 4 heterocycles. The van der Waals surface area contributed by atoms with Crippen LogP contribution in [0.25, 0.3) is 22.8 Å². The number of amides is 1. The lowest BCUT2D eigenvalue weighted by molar-refractivity contribution is 0.0635. The van der Waals surface area contributed by atoms with Crippen LogP contribution in [0.15, 0.2) is 49.8 Å². The van der Waals surface area contributed by atoms with Crippen molar-refractivity contribution >= 4 is 17.5 Å². The first-order valence-corrected chi connectivity index (χ1v) is 10.6. The Morgan fingerprint density at radius 2 is 1.29 bits per heavy atom. The molecule has 180 valence electrons. The van der Waals surface area contributed by atoms with Crippen LogP contribution in [0, 0.1) is 13.8 Å². The fraction of sp³-hybridized carbons (Fsp3) is 0.261. The van der Waals surface area contributed by atoms with Crippen molar-refractivity contribution < 1.29 is 9.53 Å². The molecule has 12 heteroatoms. The summed E-state index contributed by atoms with van der Waals surface area (Å²) in [5, 5.41) is 2.63. The third-order valence-corrected chi connectivity index (χ3v) is 4.27. The standard InChI is InChI=1S/C14H17N5O2.C9H9N5/c1-9-11(19-13(20)21-14(2,3)4)7-17-12(18-9)10-5-15-8-16-6-10;1-6-8(10)4-13-9(14-6)7-2-11-5-12-3-7/h5-8H,1-4H3,(H,19,20);2-5H,10H2,1H3. The van der Waals surface area contributed by atoms with Crippen LogP contribution in [0.5, 0.6) is 0 Å². The number of nitrogens with zero attached hydrogens (tertiary/aromatic N) is 8. The number of aryl methyl sites for hydroxylation is 2. The number of carbonyl (C=O) groups is 1. The van der Waals surface area contributed by atoms with Crippen molar-refractivity contribution in [2.24, 2.45) is 0 Å². The maximum atomic E-state index is 11.7. The van der Waals surface area contributed by atoms with E-state index in [1.807, 2.05) is 6.92 Å². The Bertz CT molecular complexity index is 1280. The molecule has 0 aromatic carbocycles. The van der Waals surface area contributed by atoms with Gasteiger partial charge in [-0.2, -0.15) is 0 Å². The molecule has 0 fully saturated rings. The summed E-state index contributed by atoms with van der Waals surface area (Å²) in [5.74, 6) is 1.10. The number of carbonyl (C=O) groups excluding carboxylic acids is 1. The molecule has 0 bridgehead atoms. The van der Waals surface area contributed by atoms with Gasteiger partial charge in [0, 0.05) is 24.8 Å². The molecule has 0 aliphatic carbocycles. The number of ether oxygens (including phenoxy) is 1. The first-order chi connectivity index (χ1) is 16.6. The van der Waals surface area contributed by atoms with Crippen LogP contribution < -0.4 is 11.1 Å². The smallest absolute Gasteiger partial charge is 0.412 e. The zero-order chi connectivity index (χ0) is 25.4. The second kappa shape index (κ2) is 11.0. The minimum absolute atomic E-state index is 0.503. The molecule has 0 aliphatic rings. The van der Waals surface area contributed by atoms with E-state index in [2.05, 4.69) is 45.2 Å². The van der Waals surface area contributed by atoms with Gasteiger partial charge in [0.25, 0.3) is 0 Å². The van der Waals surface area contributed by atoms with Gasteiger partial charge in [0.05, 0.1) is 46.3 Å². The third-order valence-electron chi connectivity index (χ3n) is 4.27. The molecule has 0 atom stereocenters. The predicted octanol–water partition coefficient (Wildman–Crippen LogP) is 3.41. The summed E-state index contributed by atoms with van der Waals surface area (Å²) in [5.41, 5.74) is 9.04. The van der Waals surface area contributed by atoms with Gasteiger partial charge in [0.15, 0.2) is 11.6 Å². The summed E-state index contributed by atoms with van der Waals surface area (Å²) in [6.07, 6.45) is 12.1. The van der Waals surface area contributed by atoms with E-state index in [9.17, 15) is 4.79 Å². The van der Waals surface area contributed by atoms with Crippen LogP contribution in [0.3, 0.4) is 0 Å². The molecule has 0 spiro atoms. The highest BCUT2D eigenvalue weighted by Crippen LogP contribution is 2.18. The second-order valence-corrected chi connectivity index (χ2v) is 8.31. The van der Waals surface area contributed by atoms with Crippen LogP contribution >= 0.6 is 0 Å². The Morgan fingerprint density at radius 1 is 0.800 bits per heavy atom. The summed E-state index contributed by atoms with van der Waals surface area (Å²) >= 11 is 0. The molecule has 1 amide bonds. The Hall–Kier alpha value is -4.61. The van der Waals surface area contributed by atoms with Gasteiger partial charge in [-0.1, -0.05) is 0 Å². The number of anilines is 2. The average Bonchev–Trinajstić information content (AvgIpc) is 2.82. The van der Waals surface area contributed by atoms with Crippen molar-refractivity contribution in [3.8, 4) is 22.8 Å². The normalized spacial score (nSPS) is 10.7. The van der Waals surface area contributed by atoms with Crippen LogP contribution in [0.1, 0.15) is 32.2 Å². The van der Waals surface area contributed by atoms with Gasteiger partial charge in [0.2, 0.25) is 0 Å². The number of rotatable bonds is 3. The van der Waals surface area contributed by atoms with E-state index >= 15 is 0 Å². The Labute approximate surface area is 202 Å². The van der Waals surface area contributed by atoms with E-state index in [1.165, 1.54) is 18.9 Å². The van der Waals surface area contributed by atoms with Crippen LogP contribution in [0.2, 0.25) is 0 Å². The van der Waals surface area contributed by atoms with Gasteiger partial charge in [-0.05, 0) is 34.6 Å². The summed E-state index contributed by atoms with van der Waals surface area (Å²) in [7, 11) is 0. The van der Waals surface area contributed by atoms with Crippen molar-refractivity contribution in [1.82, 2.24) is 39.9 Å². The lowest BCUT2D eigenvalue weighted by Crippen LogP contribution is -2.27. The topological polar surface area (TPSA) is 167 Å². The third kappa shape index (κ3) is 7.45. The van der Waals surface area contributed by atoms with Gasteiger partial charge in [-0.25, -0.2) is 44.7 Å². The maximum absolute atomic E-state index is 11.7. The van der Waals surface area contributed by atoms with Crippen molar-refractivity contribution in [3.63, 3.8) is 0 Å². The first kappa shape index (κ1) is 25.0. The summed E-state index contributed by atoms with van der Waals surface area (Å²) in [6.45, 7) is 9.02. The zero-order valence-corrected chi connectivity index (χ0v) is 20.1. The average molecular weight is 475 g/mol. The lowest BCUT2D eigenvalue weighted by Gasteiger charge is -2.20. The van der Waals surface area contributed by atoms with E-state index in [0.717, 1.165) is 11.3 Å². The quantitative estimate of drug-likeness (QED) is 0.446. The summed E-state index contributed by atoms with van der Waals surface area (Å²) < 4.78 is 5.19. The van der Waals surface area contributed by atoms with Gasteiger partial charge in [-0.15, -0.1) is 0 Å². The van der Waals surface area contributed by atoms with Gasteiger partial charge in [0.1, 0.15) is 18.3 Å². The highest BCUT2D eigenvalue weighted by molar-refractivity contribution is 5.85. The number of hydrogen-bond acceptors (Lipinski definition) is 11. The number of nitrogens with one attached hydrogen (secondary N) is 1. The second-order valence-electron chi connectivity index (χ2n) is 8.31. The van der Waals surface area contributed by atoms with Gasteiger partial charge >= 0.3 is 6.09 Å². The molecule has 3 N–H and O–H groups in total. The van der Waals surface area contributed by atoms with E-state index in [-0.39, 0.29) is 0 Å². The number of nitrogen functional groups attached to an aromatic ring is 1. The highest BCUT2D eigenvalue weighted by atomic mass is 16.6.